The number of amides is 1. The van der Waals surface area contributed by atoms with E-state index in [9.17, 15) is 9.90 Å². The molecule has 3 aromatic heterocycles. The molecule has 0 aromatic carbocycles. The van der Waals surface area contributed by atoms with E-state index in [-0.39, 0.29) is 30.8 Å². The number of aromatic nitrogens is 5. The zero-order chi connectivity index (χ0) is 21.1. The number of aliphatic hydroxyl groups is 1. The number of anilines is 2. The number of hydrogen-bond acceptors (Lipinski definition) is 7. The summed E-state index contributed by atoms with van der Waals surface area (Å²) < 4.78 is 7.22. The third kappa shape index (κ3) is 4.38. The standard InChI is InChI=1S/C20H27N7O3/c1-3-12(2)22-20(29)30-15-5-4-13(8-15)16-10-18(25-24-16)23-19-17-9-14(11-28)26-27(17)7-6-21-19/h6-7,9-10,12-13,15,28H,3-5,8,11H2,1-2H3,(H,22,29)(H2,21,23,24,25)/t12-,13-,15+/m0/s1. The molecule has 160 valence electrons. The minimum Gasteiger partial charge on any atom is -0.446 e. The summed E-state index contributed by atoms with van der Waals surface area (Å²) in [6.07, 6.45) is 6.34. The molecule has 1 aliphatic carbocycles. The Hall–Kier alpha value is -3.14. The van der Waals surface area contributed by atoms with Crippen LogP contribution in [0.2, 0.25) is 0 Å². The summed E-state index contributed by atoms with van der Waals surface area (Å²) in [5, 5.41) is 27.1. The molecule has 10 heteroatoms. The lowest BCUT2D eigenvalue weighted by Crippen LogP contribution is -2.34. The molecule has 3 aromatic rings. The van der Waals surface area contributed by atoms with E-state index in [4.69, 9.17) is 4.74 Å². The van der Waals surface area contributed by atoms with Crippen LogP contribution in [0.15, 0.2) is 24.5 Å². The van der Waals surface area contributed by atoms with Crippen LogP contribution < -0.4 is 10.6 Å². The van der Waals surface area contributed by atoms with Crippen molar-refractivity contribution in [3.8, 4) is 0 Å². The van der Waals surface area contributed by atoms with Crippen LogP contribution in [0.1, 0.15) is 56.8 Å². The molecule has 1 aliphatic rings. The van der Waals surface area contributed by atoms with Gasteiger partial charge in [0.05, 0.1) is 12.3 Å². The molecular formula is C20H27N7O3. The van der Waals surface area contributed by atoms with Crippen molar-refractivity contribution >= 4 is 23.2 Å². The summed E-state index contributed by atoms with van der Waals surface area (Å²) in [5.41, 5.74) is 2.33. The van der Waals surface area contributed by atoms with Crippen molar-refractivity contribution in [2.45, 2.75) is 64.2 Å². The Morgan fingerprint density at radius 2 is 2.30 bits per heavy atom. The zero-order valence-corrected chi connectivity index (χ0v) is 17.1. The molecule has 0 saturated heterocycles. The van der Waals surface area contributed by atoms with Gasteiger partial charge in [-0.25, -0.2) is 14.3 Å². The highest BCUT2D eigenvalue weighted by atomic mass is 16.6. The van der Waals surface area contributed by atoms with Gasteiger partial charge in [0.25, 0.3) is 0 Å². The Morgan fingerprint density at radius 3 is 3.10 bits per heavy atom. The first kappa shape index (κ1) is 20.1. The van der Waals surface area contributed by atoms with Gasteiger partial charge in [-0.1, -0.05) is 6.92 Å². The maximum absolute atomic E-state index is 12.0. The molecule has 1 amide bonds. The Morgan fingerprint density at radius 1 is 1.43 bits per heavy atom. The maximum Gasteiger partial charge on any atom is 0.407 e. The SMILES string of the molecule is CC[C@H](C)NC(=O)O[C@@H]1CC[C@H](c2cc(Nc3nccn4nc(CO)cc34)n[nH]2)C1. The molecular weight excluding hydrogens is 386 g/mol. The van der Waals surface area contributed by atoms with Gasteiger partial charge in [-0.3, -0.25) is 5.10 Å². The highest BCUT2D eigenvalue weighted by molar-refractivity contribution is 5.72. The number of fused-ring (bicyclic) bond motifs is 1. The maximum atomic E-state index is 12.0. The van der Waals surface area contributed by atoms with Gasteiger partial charge in [0, 0.05) is 36.1 Å². The van der Waals surface area contributed by atoms with Crippen LogP contribution in [-0.4, -0.2) is 48.1 Å². The van der Waals surface area contributed by atoms with E-state index >= 15 is 0 Å². The second kappa shape index (κ2) is 8.70. The first-order valence-electron chi connectivity index (χ1n) is 10.3. The van der Waals surface area contributed by atoms with Gasteiger partial charge >= 0.3 is 6.09 Å². The smallest absolute Gasteiger partial charge is 0.407 e. The molecule has 30 heavy (non-hydrogen) atoms. The molecule has 1 fully saturated rings. The second-order valence-corrected chi connectivity index (χ2v) is 7.72. The number of aliphatic hydroxyl groups excluding tert-OH is 1. The van der Waals surface area contributed by atoms with Gasteiger partial charge in [0.15, 0.2) is 11.6 Å². The molecule has 10 nitrogen and oxygen atoms in total. The fourth-order valence-electron chi connectivity index (χ4n) is 3.70. The van der Waals surface area contributed by atoms with Crippen LogP contribution in [0.25, 0.3) is 5.52 Å². The van der Waals surface area contributed by atoms with Crippen LogP contribution in [0.3, 0.4) is 0 Å². The molecule has 0 bridgehead atoms. The van der Waals surface area contributed by atoms with E-state index in [1.165, 1.54) is 0 Å². The fourth-order valence-corrected chi connectivity index (χ4v) is 3.70. The summed E-state index contributed by atoms with van der Waals surface area (Å²) >= 11 is 0. The average Bonchev–Trinajstić information content (AvgIpc) is 3.47. The van der Waals surface area contributed by atoms with Crippen LogP contribution >= 0.6 is 0 Å². The lowest BCUT2D eigenvalue weighted by Gasteiger charge is -2.16. The summed E-state index contributed by atoms with van der Waals surface area (Å²) in [5.74, 6) is 1.52. The molecule has 4 N–H and O–H groups in total. The third-order valence-electron chi connectivity index (χ3n) is 5.52. The van der Waals surface area contributed by atoms with Crippen LogP contribution in [0.4, 0.5) is 16.4 Å². The van der Waals surface area contributed by atoms with Crippen molar-refractivity contribution in [2.75, 3.05) is 5.32 Å². The number of H-pyrrole nitrogens is 1. The number of carbonyl (C=O) groups is 1. The molecule has 3 atom stereocenters. The van der Waals surface area contributed by atoms with E-state index < -0.39 is 0 Å². The summed E-state index contributed by atoms with van der Waals surface area (Å²) in [4.78, 5) is 16.3. The molecule has 0 aliphatic heterocycles. The number of hydrogen-bond donors (Lipinski definition) is 4. The van der Waals surface area contributed by atoms with Crippen molar-refractivity contribution < 1.29 is 14.6 Å². The number of alkyl carbamates (subject to hydrolysis) is 1. The van der Waals surface area contributed by atoms with Crippen molar-refractivity contribution in [3.63, 3.8) is 0 Å². The number of aromatic amines is 1. The number of nitrogens with one attached hydrogen (secondary N) is 3. The van der Waals surface area contributed by atoms with E-state index in [1.807, 2.05) is 19.9 Å². The van der Waals surface area contributed by atoms with Crippen molar-refractivity contribution in [1.29, 1.82) is 0 Å². The van der Waals surface area contributed by atoms with Gasteiger partial charge in [-0.15, -0.1) is 0 Å². The topological polar surface area (TPSA) is 129 Å². The van der Waals surface area contributed by atoms with Gasteiger partial charge in [0.1, 0.15) is 11.6 Å². The average molecular weight is 413 g/mol. The minimum atomic E-state index is -0.343. The first-order chi connectivity index (χ1) is 14.6. The molecule has 0 spiro atoms. The van der Waals surface area contributed by atoms with Gasteiger partial charge in [-0.2, -0.15) is 10.2 Å². The van der Waals surface area contributed by atoms with Gasteiger partial charge < -0.3 is 20.5 Å². The lowest BCUT2D eigenvalue weighted by atomic mass is 10.0. The Labute approximate surface area is 174 Å². The number of ether oxygens (including phenoxy) is 1. The quantitative estimate of drug-likeness (QED) is 0.469. The second-order valence-electron chi connectivity index (χ2n) is 7.72. The number of rotatable bonds is 7. The van der Waals surface area contributed by atoms with E-state index in [2.05, 4.69) is 30.9 Å². The minimum absolute atomic E-state index is 0.0853. The fraction of sp³-hybridized carbons (Fsp3) is 0.500. The molecule has 0 unspecified atom stereocenters. The van der Waals surface area contributed by atoms with Crippen LogP contribution in [0, 0.1) is 0 Å². The lowest BCUT2D eigenvalue weighted by molar-refractivity contribution is 0.0974. The normalized spacial score (nSPS) is 19.7. The first-order valence-corrected chi connectivity index (χ1v) is 10.3. The van der Waals surface area contributed by atoms with E-state index in [0.717, 1.165) is 36.9 Å². The molecule has 0 radical (unpaired) electrons. The predicted octanol–water partition coefficient (Wildman–Crippen LogP) is 2.85. The van der Waals surface area contributed by atoms with Crippen LogP contribution in [0.5, 0.6) is 0 Å². The van der Waals surface area contributed by atoms with Crippen molar-refractivity contribution in [3.05, 3.63) is 35.9 Å². The van der Waals surface area contributed by atoms with E-state index in [1.54, 1.807) is 23.0 Å². The largest absolute Gasteiger partial charge is 0.446 e. The third-order valence-corrected chi connectivity index (χ3v) is 5.52. The predicted molar refractivity (Wildman–Crippen MR) is 111 cm³/mol. The number of nitrogens with zero attached hydrogens (tertiary/aromatic N) is 4. The Kier molecular flexibility index (Phi) is 5.84. The Bertz CT molecular complexity index is 1010. The summed E-state index contributed by atoms with van der Waals surface area (Å²) in [7, 11) is 0. The monoisotopic (exact) mass is 413 g/mol. The highest BCUT2D eigenvalue weighted by Crippen LogP contribution is 2.36. The zero-order valence-electron chi connectivity index (χ0n) is 17.1. The summed E-state index contributed by atoms with van der Waals surface area (Å²) in [6, 6.07) is 3.85. The highest BCUT2D eigenvalue weighted by Gasteiger charge is 2.30. The van der Waals surface area contributed by atoms with Gasteiger partial charge in [0.2, 0.25) is 0 Å². The summed E-state index contributed by atoms with van der Waals surface area (Å²) in [6.45, 7) is 3.85. The molecule has 3 heterocycles. The Balaban J connectivity index is 1.38. The number of carbonyl (C=O) groups excluding carboxylic acids is 1. The van der Waals surface area contributed by atoms with Crippen molar-refractivity contribution in [1.82, 2.24) is 30.1 Å². The van der Waals surface area contributed by atoms with Crippen LogP contribution in [-0.2, 0) is 11.3 Å². The van der Waals surface area contributed by atoms with Crippen molar-refractivity contribution in [2.24, 2.45) is 0 Å². The molecule has 1 saturated carbocycles. The van der Waals surface area contributed by atoms with E-state index in [0.29, 0.717) is 17.3 Å². The van der Waals surface area contributed by atoms with Gasteiger partial charge in [-0.05, 0) is 38.7 Å². The molecule has 4 rings (SSSR count).